The largest absolute Gasteiger partial charge is 0.497 e. The number of halogens is 3. The first-order valence-electron chi connectivity index (χ1n) is 10.1. The molecule has 7 nitrogen and oxygen atoms in total. The van der Waals surface area contributed by atoms with Gasteiger partial charge in [-0.05, 0) is 60.2 Å². The molecule has 3 aromatic carbocycles. The van der Waals surface area contributed by atoms with E-state index >= 15 is 0 Å². The third kappa shape index (κ3) is 5.62. The van der Waals surface area contributed by atoms with Crippen molar-refractivity contribution in [3.63, 3.8) is 0 Å². The number of alkyl halides is 1. The van der Waals surface area contributed by atoms with E-state index in [1.165, 1.54) is 0 Å². The Morgan fingerprint density at radius 3 is 2.38 bits per heavy atom. The topological polar surface area (TPSA) is 78.3 Å². The van der Waals surface area contributed by atoms with Crippen molar-refractivity contribution in [2.45, 2.75) is 6.61 Å². The molecule has 0 aliphatic carbocycles. The van der Waals surface area contributed by atoms with Gasteiger partial charge in [0.15, 0.2) is 5.82 Å². The van der Waals surface area contributed by atoms with E-state index < -0.39 is 0 Å². The molecule has 1 aromatic heterocycles. The van der Waals surface area contributed by atoms with Gasteiger partial charge in [-0.3, -0.25) is 4.79 Å². The highest BCUT2D eigenvalue weighted by molar-refractivity contribution is 6.42. The lowest BCUT2D eigenvalue weighted by Gasteiger charge is -2.08. The number of benzene rings is 3. The van der Waals surface area contributed by atoms with Crippen LogP contribution in [0.5, 0.6) is 11.8 Å². The summed E-state index contributed by atoms with van der Waals surface area (Å²) >= 11 is 17.9. The summed E-state index contributed by atoms with van der Waals surface area (Å²) in [5.74, 6) is 0.863. The molecule has 0 aliphatic rings. The Labute approximate surface area is 211 Å². The number of ether oxygens (including phenoxy) is 2. The maximum absolute atomic E-state index is 11.5. The van der Waals surface area contributed by atoms with Crippen molar-refractivity contribution in [3.05, 3.63) is 82.3 Å². The van der Waals surface area contributed by atoms with E-state index in [1.807, 2.05) is 24.3 Å². The second-order valence-electron chi connectivity index (χ2n) is 7.12. The number of aromatic nitrogens is 3. The molecular weight excluding hydrogens is 499 g/mol. The van der Waals surface area contributed by atoms with Crippen molar-refractivity contribution >= 4 is 46.4 Å². The third-order valence-electron chi connectivity index (χ3n) is 4.81. The van der Waals surface area contributed by atoms with Crippen LogP contribution in [0.25, 0.3) is 17.1 Å². The zero-order valence-corrected chi connectivity index (χ0v) is 20.2. The van der Waals surface area contributed by atoms with Gasteiger partial charge in [-0.15, -0.1) is 16.7 Å². The molecule has 0 atom stereocenters. The second kappa shape index (κ2) is 10.8. The van der Waals surface area contributed by atoms with Crippen LogP contribution in [0.1, 0.15) is 5.56 Å². The first-order chi connectivity index (χ1) is 16.5. The maximum Gasteiger partial charge on any atom is 0.336 e. The fourth-order valence-corrected chi connectivity index (χ4v) is 3.47. The van der Waals surface area contributed by atoms with Gasteiger partial charge in [0.1, 0.15) is 18.2 Å². The van der Waals surface area contributed by atoms with Crippen LogP contribution in [0.2, 0.25) is 10.0 Å². The molecule has 0 fully saturated rings. The summed E-state index contributed by atoms with van der Waals surface area (Å²) in [5, 5.41) is 8.07. The van der Waals surface area contributed by atoms with Gasteiger partial charge >= 0.3 is 6.01 Å². The van der Waals surface area contributed by atoms with Crippen molar-refractivity contribution in [3.8, 4) is 28.8 Å². The first kappa shape index (κ1) is 23.9. The highest BCUT2D eigenvalue weighted by Crippen LogP contribution is 2.30. The second-order valence-corrected chi connectivity index (χ2v) is 8.21. The molecule has 4 rings (SSSR count). The standard InChI is InChI=1S/C24H19Cl3N4O3/c1-33-19-9-2-15(3-10-19)14-34-24-29-23(16-4-11-20(26)21(27)12-16)31(30-24)18-7-5-17(6-8-18)28-22(32)13-25/h2-12H,13-14H2,1H3,(H,28,32). The van der Waals surface area contributed by atoms with Crippen molar-refractivity contribution in [2.75, 3.05) is 18.3 Å². The van der Waals surface area contributed by atoms with Gasteiger partial charge in [-0.2, -0.15) is 4.98 Å². The number of nitrogens with one attached hydrogen (secondary N) is 1. The van der Waals surface area contributed by atoms with E-state index in [2.05, 4.69) is 15.4 Å². The number of nitrogens with zero attached hydrogens (tertiary/aromatic N) is 3. The van der Waals surface area contributed by atoms with Crippen LogP contribution < -0.4 is 14.8 Å². The molecule has 0 saturated heterocycles. The summed E-state index contributed by atoms with van der Waals surface area (Å²) in [5.41, 5.74) is 2.96. The molecule has 1 N–H and O–H groups in total. The van der Waals surface area contributed by atoms with Crippen LogP contribution in [0.15, 0.2) is 66.7 Å². The summed E-state index contributed by atoms with van der Waals surface area (Å²) < 4.78 is 12.7. The average molecular weight is 518 g/mol. The predicted octanol–water partition coefficient (Wildman–Crippen LogP) is 6.01. The lowest BCUT2D eigenvalue weighted by Crippen LogP contribution is -2.12. The van der Waals surface area contributed by atoms with Crippen molar-refractivity contribution in [1.29, 1.82) is 0 Å². The molecule has 1 amide bonds. The molecule has 0 spiro atoms. The van der Waals surface area contributed by atoms with Crippen LogP contribution >= 0.6 is 34.8 Å². The third-order valence-corrected chi connectivity index (χ3v) is 5.79. The maximum atomic E-state index is 11.5. The van der Waals surface area contributed by atoms with Gasteiger partial charge in [-0.25, -0.2) is 4.68 Å². The Kier molecular flexibility index (Phi) is 7.57. The minimum atomic E-state index is -0.291. The minimum Gasteiger partial charge on any atom is -0.497 e. The average Bonchev–Trinajstić information content (AvgIpc) is 3.29. The monoisotopic (exact) mass is 516 g/mol. The van der Waals surface area contributed by atoms with Crippen molar-refractivity contribution in [2.24, 2.45) is 0 Å². The van der Waals surface area contributed by atoms with Gasteiger partial charge in [0.25, 0.3) is 0 Å². The van der Waals surface area contributed by atoms with E-state index in [9.17, 15) is 4.79 Å². The molecule has 10 heteroatoms. The molecule has 174 valence electrons. The van der Waals surface area contributed by atoms with Crippen LogP contribution in [-0.2, 0) is 11.4 Å². The lowest BCUT2D eigenvalue weighted by atomic mass is 10.2. The zero-order valence-electron chi connectivity index (χ0n) is 18.0. The fraction of sp³-hybridized carbons (Fsp3) is 0.125. The summed E-state index contributed by atoms with van der Waals surface area (Å²) in [6.07, 6.45) is 0. The molecule has 1 heterocycles. The Morgan fingerprint density at radius 2 is 1.74 bits per heavy atom. The van der Waals surface area contributed by atoms with Gasteiger partial charge in [0.2, 0.25) is 5.91 Å². The van der Waals surface area contributed by atoms with E-state index in [1.54, 1.807) is 54.3 Å². The number of methoxy groups -OCH3 is 1. The van der Waals surface area contributed by atoms with Crippen LogP contribution in [-0.4, -0.2) is 33.7 Å². The molecule has 4 aromatic rings. The van der Waals surface area contributed by atoms with Crippen LogP contribution in [0, 0.1) is 0 Å². The summed E-state index contributed by atoms with van der Waals surface area (Å²) in [4.78, 5) is 16.1. The molecule has 34 heavy (non-hydrogen) atoms. The van der Waals surface area contributed by atoms with E-state index in [0.717, 1.165) is 11.3 Å². The van der Waals surface area contributed by atoms with E-state index in [-0.39, 0.29) is 24.4 Å². The Morgan fingerprint density at radius 1 is 1.00 bits per heavy atom. The first-order valence-corrected chi connectivity index (χ1v) is 11.4. The quantitative estimate of drug-likeness (QED) is 0.290. The normalized spacial score (nSPS) is 10.7. The summed E-state index contributed by atoms with van der Waals surface area (Å²) in [7, 11) is 1.62. The van der Waals surface area contributed by atoms with Gasteiger partial charge < -0.3 is 14.8 Å². The number of hydrogen-bond acceptors (Lipinski definition) is 5. The highest BCUT2D eigenvalue weighted by atomic mass is 35.5. The Hall–Kier alpha value is -3.26. The van der Waals surface area contributed by atoms with E-state index in [4.69, 9.17) is 44.3 Å². The molecular formula is C24H19Cl3N4O3. The lowest BCUT2D eigenvalue weighted by molar-refractivity contribution is -0.113. The van der Waals surface area contributed by atoms with Gasteiger partial charge in [0.05, 0.1) is 22.8 Å². The Balaban J connectivity index is 1.65. The van der Waals surface area contributed by atoms with Gasteiger partial charge in [0, 0.05) is 11.3 Å². The van der Waals surface area contributed by atoms with Crippen molar-refractivity contribution in [1.82, 2.24) is 14.8 Å². The number of hydrogen-bond donors (Lipinski definition) is 1. The highest BCUT2D eigenvalue weighted by Gasteiger charge is 2.16. The minimum absolute atomic E-state index is 0.124. The number of carbonyl (C=O) groups excluding carboxylic acids is 1. The summed E-state index contributed by atoms with van der Waals surface area (Å²) in [6, 6.07) is 20.0. The fourth-order valence-electron chi connectivity index (χ4n) is 3.11. The number of carbonyl (C=O) groups is 1. The number of rotatable bonds is 8. The number of amides is 1. The van der Waals surface area contributed by atoms with Crippen molar-refractivity contribution < 1.29 is 14.3 Å². The zero-order chi connectivity index (χ0) is 24.1. The summed E-state index contributed by atoms with van der Waals surface area (Å²) in [6.45, 7) is 0.276. The molecule has 0 radical (unpaired) electrons. The Bertz CT molecular complexity index is 1290. The van der Waals surface area contributed by atoms with Crippen LogP contribution in [0.4, 0.5) is 5.69 Å². The van der Waals surface area contributed by atoms with Gasteiger partial charge in [-0.1, -0.05) is 35.3 Å². The van der Waals surface area contributed by atoms with E-state index in [0.29, 0.717) is 32.8 Å². The van der Waals surface area contributed by atoms with Crippen LogP contribution in [0.3, 0.4) is 0 Å². The predicted molar refractivity (Wildman–Crippen MR) is 133 cm³/mol. The SMILES string of the molecule is COc1ccc(COc2nc(-c3ccc(Cl)c(Cl)c3)n(-c3ccc(NC(=O)CCl)cc3)n2)cc1. The molecule has 0 saturated carbocycles. The molecule has 0 unspecified atom stereocenters. The smallest absolute Gasteiger partial charge is 0.336 e. The molecule has 0 bridgehead atoms. The number of anilines is 1. The molecule has 0 aliphatic heterocycles.